The first kappa shape index (κ1) is 14.6. The monoisotopic (exact) mass is 342 g/mol. The molecule has 0 saturated heterocycles. The molecular weight excluding hydrogens is 327 g/mol. The van der Waals surface area contributed by atoms with Crippen LogP contribution in [0.15, 0.2) is 22.7 Å². The van der Waals surface area contributed by atoms with E-state index in [1.165, 1.54) is 10.9 Å². The van der Waals surface area contributed by atoms with Crippen LogP contribution in [-0.2, 0) is 13.0 Å². The van der Waals surface area contributed by atoms with Gasteiger partial charge in [-0.3, -0.25) is 0 Å². The van der Waals surface area contributed by atoms with Gasteiger partial charge < -0.3 is 5.32 Å². The van der Waals surface area contributed by atoms with Crippen LogP contribution in [-0.4, -0.2) is 12.0 Å². The van der Waals surface area contributed by atoms with Crippen LogP contribution in [0, 0.1) is 5.82 Å². The normalized spacial score (nSPS) is 10.9. The SMILES string of the molecule is CCCc1nc(-c2ccc(Br)cc2F)sc1CNC. The number of nitrogens with zero attached hydrogens (tertiary/aromatic N) is 1. The molecule has 1 N–H and O–H groups in total. The molecule has 0 radical (unpaired) electrons. The summed E-state index contributed by atoms with van der Waals surface area (Å²) in [5.41, 5.74) is 1.66. The van der Waals surface area contributed by atoms with Crippen molar-refractivity contribution in [2.45, 2.75) is 26.3 Å². The lowest BCUT2D eigenvalue weighted by Crippen LogP contribution is -2.05. The lowest BCUT2D eigenvalue weighted by molar-refractivity contribution is 0.630. The Balaban J connectivity index is 2.41. The van der Waals surface area contributed by atoms with Crippen molar-refractivity contribution in [3.05, 3.63) is 39.1 Å². The quantitative estimate of drug-likeness (QED) is 0.871. The zero-order valence-electron chi connectivity index (χ0n) is 11.0. The van der Waals surface area contributed by atoms with Crippen LogP contribution in [0.5, 0.6) is 0 Å². The van der Waals surface area contributed by atoms with Gasteiger partial charge in [0.25, 0.3) is 0 Å². The van der Waals surface area contributed by atoms with Crippen molar-refractivity contribution in [1.82, 2.24) is 10.3 Å². The number of hydrogen-bond donors (Lipinski definition) is 1. The van der Waals surface area contributed by atoms with Crippen molar-refractivity contribution < 1.29 is 4.39 Å². The Morgan fingerprint density at radius 2 is 2.21 bits per heavy atom. The van der Waals surface area contributed by atoms with Crippen LogP contribution < -0.4 is 5.32 Å². The van der Waals surface area contributed by atoms with Gasteiger partial charge in [-0.25, -0.2) is 9.37 Å². The van der Waals surface area contributed by atoms with Crippen molar-refractivity contribution in [1.29, 1.82) is 0 Å². The molecule has 102 valence electrons. The molecule has 2 nitrogen and oxygen atoms in total. The summed E-state index contributed by atoms with van der Waals surface area (Å²) in [6, 6.07) is 5.10. The van der Waals surface area contributed by atoms with Gasteiger partial charge in [0.1, 0.15) is 10.8 Å². The van der Waals surface area contributed by atoms with Crippen LogP contribution in [0.3, 0.4) is 0 Å². The van der Waals surface area contributed by atoms with Crippen LogP contribution in [0.4, 0.5) is 4.39 Å². The van der Waals surface area contributed by atoms with Gasteiger partial charge in [0.15, 0.2) is 0 Å². The fourth-order valence-electron chi connectivity index (χ4n) is 1.89. The molecule has 5 heteroatoms. The Kier molecular flexibility index (Phi) is 5.07. The lowest BCUT2D eigenvalue weighted by atomic mass is 10.2. The van der Waals surface area contributed by atoms with E-state index in [1.807, 2.05) is 13.1 Å². The van der Waals surface area contributed by atoms with Gasteiger partial charge in [0, 0.05) is 21.5 Å². The zero-order chi connectivity index (χ0) is 13.8. The van der Waals surface area contributed by atoms with Gasteiger partial charge in [-0.1, -0.05) is 29.3 Å². The number of rotatable bonds is 5. The number of aromatic nitrogens is 1. The second kappa shape index (κ2) is 6.59. The maximum Gasteiger partial charge on any atom is 0.134 e. The van der Waals surface area contributed by atoms with Crippen LogP contribution in [0.2, 0.25) is 0 Å². The summed E-state index contributed by atoms with van der Waals surface area (Å²) in [5.74, 6) is -0.234. The molecule has 1 aromatic carbocycles. The molecule has 0 atom stereocenters. The molecule has 0 fully saturated rings. The third-order valence-corrected chi connectivity index (χ3v) is 4.39. The molecular formula is C14H16BrFN2S. The van der Waals surface area contributed by atoms with Gasteiger partial charge in [-0.05, 0) is 31.7 Å². The number of benzene rings is 1. The number of hydrogen-bond acceptors (Lipinski definition) is 3. The third kappa shape index (κ3) is 3.41. The van der Waals surface area contributed by atoms with Gasteiger partial charge in [-0.15, -0.1) is 11.3 Å². The van der Waals surface area contributed by atoms with E-state index in [2.05, 4.69) is 33.2 Å². The first-order valence-corrected chi connectivity index (χ1v) is 7.85. The molecule has 0 saturated carbocycles. The summed E-state index contributed by atoms with van der Waals surface area (Å²) in [5, 5.41) is 3.90. The van der Waals surface area contributed by atoms with Gasteiger partial charge in [0.2, 0.25) is 0 Å². The molecule has 0 unspecified atom stereocenters. The van der Waals surface area contributed by atoms with Crippen LogP contribution in [0.25, 0.3) is 10.6 Å². The third-order valence-electron chi connectivity index (χ3n) is 2.76. The van der Waals surface area contributed by atoms with Crippen LogP contribution >= 0.6 is 27.3 Å². The summed E-state index contributed by atoms with van der Waals surface area (Å²) in [7, 11) is 1.91. The van der Waals surface area contributed by atoms with Gasteiger partial charge in [-0.2, -0.15) is 0 Å². The number of aryl methyl sites for hydroxylation is 1. The summed E-state index contributed by atoms with van der Waals surface area (Å²) in [4.78, 5) is 5.80. The Bertz CT molecular complexity index is 545. The zero-order valence-corrected chi connectivity index (χ0v) is 13.4. The topological polar surface area (TPSA) is 24.9 Å². The molecule has 2 aromatic rings. The van der Waals surface area contributed by atoms with E-state index in [0.29, 0.717) is 5.56 Å². The Morgan fingerprint density at radius 3 is 2.84 bits per heavy atom. The Hall–Kier alpha value is -0.780. The highest BCUT2D eigenvalue weighted by molar-refractivity contribution is 9.10. The van der Waals surface area contributed by atoms with Crippen LogP contribution in [0.1, 0.15) is 23.9 Å². The lowest BCUT2D eigenvalue weighted by Gasteiger charge is -1.99. The average Bonchev–Trinajstić information content (AvgIpc) is 2.73. The highest BCUT2D eigenvalue weighted by Crippen LogP contribution is 2.31. The van der Waals surface area contributed by atoms with Crippen molar-refractivity contribution in [3.8, 4) is 10.6 Å². The van der Waals surface area contributed by atoms with Gasteiger partial charge >= 0.3 is 0 Å². The first-order valence-electron chi connectivity index (χ1n) is 6.24. The van der Waals surface area contributed by atoms with Crippen molar-refractivity contribution >= 4 is 27.3 Å². The van der Waals surface area contributed by atoms with E-state index in [4.69, 9.17) is 0 Å². The fraction of sp³-hybridized carbons (Fsp3) is 0.357. The molecule has 1 aromatic heterocycles. The van der Waals surface area contributed by atoms with E-state index >= 15 is 0 Å². The molecule has 0 amide bonds. The molecule has 0 aliphatic carbocycles. The van der Waals surface area contributed by atoms with Crippen molar-refractivity contribution in [3.63, 3.8) is 0 Å². The molecule has 2 rings (SSSR count). The van der Waals surface area contributed by atoms with E-state index in [0.717, 1.165) is 34.6 Å². The predicted molar refractivity (Wildman–Crippen MR) is 82.0 cm³/mol. The summed E-state index contributed by atoms with van der Waals surface area (Å²) in [6.45, 7) is 2.91. The predicted octanol–water partition coefficient (Wildman–Crippen LogP) is 4.38. The first-order chi connectivity index (χ1) is 9.15. The second-order valence-electron chi connectivity index (χ2n) is 4.29. The Labute approximate surface area is 125 Å². The van der Waals surface area contributed by atoms with Gasteiger partial charge in [0.05, 0.1) is 5.69 Å². The molecule has 19 heavy (non-hydrogen) atoms. The number of halogens is 2. The maximum absolute atomic E-state index is 14.0. The van der Waals surface area contributed by atoms with E-state index in [-0.39, 0.29) is 5.82 Å². The average molecular weight is 343 g/mol. The molecule has 0 aliphatic rings. The molecule has 0 spiro atoms. The highest BCUT2D eigenvalue weighted by Gasteiger charge is 2.14. The van der Waals surface area contributed by atoms with E-state index in [9.17, 15) is 4.39 Å². The fourth-order valence-corrected chi connectivity index (χ4v) is 3.37. The maximum atomic E-state index is 14.0. The van der Waals surface area contributed by atoms with E-state index < -0.39 is 0 Å². The standard InChI is InChI=1S/C14H16BrFN2S/c1-3-4-12-13(8-17-2)19-14(18-12)10-6-5-9(15)7-11(10)16/h5-7,17H,3-4,8H2,1-2H3. The number of thiazole rings is 1. The minimum atomic E-state index is -0.234. The van der Waals surface area contributed by atoms with Crippen molar-refractivity contribution in [2.24, 2.45) is 0 Å². The second-order valence-corrected chi connectivity index (χ2v) is 6.29. The molecule has 0 bridgehead atoms. The van der Waals surface area contributed by atoms with E-state index in [1.54, 1.807) is 17.4 Å². The minimum absolute atomic E-state index is 0.234. The number of nitrogens with one attached hydrogen (secondary N) is 1. The summed E-state index contributed by atoms with van der Waals surface area (Å²) < 4.78 is 14.7. The largest absolute Gasteiger partial charge is 0.315 e. The van der Waals surface area contributed by atoms with Crippen molar-refractivity contribution in [2.75, 3.05) is 7.05 Å². The molecule has 0 aliphatic heterocycles. The highest BCUT2D eigenvalue weighted by atomic mass is 79.9. The smallest absolute Gasteiger partial charge is 0.134 e. The Morgan fingerprint density at radius 1 is 1.42 bits per heavy atom. The minimum Gasteiger partial charge on any atom is -0.315 e. The molecule has 1 heterocycles. The summed E-state index contributed by atoms with van der Waals surface area (Å²) >= 11 is 4.84. The summed E-state index contributed by atoms with van der Waals surface area (Å²) in [6.07, 6.45) is 1.98.